The number of ketones is 1. The summed E-state index contributed by atoms with van der Waals surface area (Å²) in [6.45, 7) is 7.19. The number of rotatable bonds is 2. The average molecular weight is 248 g/mol. The number of methoxy groups -OCH3 is 1. The molecule has 0 aliphatic heterocycles. The third kappa shape index (κ3) is 1.25. The Morgan fingerprint density at radius 1 is 1.00 bits per heavy atom. The first-order valence-electron chi connectivity index (χ1n) is 6.11. The molecule has 1 aliphatic carbocycles. The van der Waals surface area contributed by atoms with Gasteiger partial charge in [0.2, 0.25) is 0 Å². The van der Waals surface area contributed by atoms with E-state index in [0.717, 1.165) is 11.3 Å². The molecule has 1 fully saturated rings. The predicted octanol–water partition coefficient (Wildman–Crippen LogP) is 2.52. The van der Waals surface area contributed by atoms with Crippen LogP contribution in [0.15, 0.2) is 24.3 Å². The minimum Gasteiger partial charge on any atom is -0.497 e. The smallest absolute Gasteiger partial charge is 0.150 e. The molecule has 1 saturated carbocycles. The molecule has 2 rings (SSSR count). The molecule has 0 atom stereocenters. The molecule has 3 nitrogen and oxygen atoms in total. The number of Topliss-reactive ketones (excluding diaryl/α,β-unsaturated/α-hetero) is 1. The van der Waals surface area contributed by atoms with Gasteiger partial charge in [-0.2, -0.15) is 0 Å². The summed E-state index contributed by atoms with van der Waals surface area (Å²) in [7, 11) is 1.60. The molecule has 1 aliphatic rings. The van der Waals surface area contributed by atoms with Gasteiger partial charge in [-0.15, -0.1) is 0 Å². The fraction of sp³-hybridized carbons (Fsp3) is 0.533. The van der Waals surface area contributed by atoms with Gasteiger partial charge in [0.1, 0.15) is 11.4 Å². The van der Waals surface area contributed by atoms with Crippen molar-refractivity contribution in [3.05, 3.63) is 29.8 Å². The molecule has 0 spiro atoms. The van der Waals surface area contributed by atoms with Gasteiger partial charge in [0.15, 0.2) is 5.78 Å². The van der Waals surface area contributed by atoms with Crippen LogP contribution in [0.5, 0.6) is 5.75 Å². The molecule has 1 aromatic rings. The maximum absolute atomic E-state index is 12.1. The van der Waals surface area contributed by atoms with E-state index in [1.807, 2.05) is 24.3 Å². The van der Waals surface area contributed by atoms with Gasteiger partial charge in [0.25, 0.3) is 0 Å². The van der Waals surface area contributed by atoms with Gasteiger partial charge in [0.05, 0.1) is 17.9 Å². The summed E-state index contributed by atoms with van der Waals surface area (Å²) >= 11 is 0. The summed E-state index contributed by atoms with van der Waals surface area (Å²) in [5.41, 5.74) is -1.89. The summed E-state index contributed by atoms with van der Waals surface area (Å²) < 4.78 is 5.11. The molecule has 0 amide bonds. The van der Waals surface area contributed by atoms with E-state index < -0.39 is 16.4 Å². The highest BCUT2D eigenvalue weighted by Gasteiger charge is 2.72. The van der Waals surface area contributed by atoms with Crippen LogP contribution in [-0.2, 0) is 10.4 Å². The SMILES string of the molecule is COc1ccc(C2(O)C(C)(C)C(=O)C2(C)C)cc1. The van der Waals surface area contributed by atoms with E-state index in [-0.39, 0.29) is 5.78 Å². The van der Waals surface area contributed by atoms with Crippen molar-refractivity contribution in [2.24, 2.45) is 10.8 Å². The predicted molar refractivity (Wildman–Crippen MR) is 69.5 cm³/mol. The highest BCUT2D eigenvalue weighted by atomic mass is 16.5. The molecule has 1 aromatic carbocycles. The van der Waals surface area contributed by atoms with Crippen molar-refractivity contribution in [1.82, 2.24) is 0 Å². The van der Waals surface area contributed by atoms with Crippen LogP contribution in [0, 0.1) is 10.8 Å². The number of carbonyl (C=O) groups is 1. The number of carbonyl (C=O) groups excluding carboxylic acids is 1. The maximum Gasteiger partial charge on any atom is 0.150 e. The second-order valence-electron chi connectivity index (χ2n) is 6.02. The van der Waals surface area contributed by atoms with Crippen molar-refractivity contribution in [2.45, 2.75) is 33.3 Å². The zero-order chi connectivity index (χ0) is 13.8. The van der Waals surface area contributed by atoms with Gasteiger partial charge >= 0.3 is 0 Å². The van der Waals surface area contributed by atoms with E-state index in [1.165, 1.54) is 0 Å². The van der Waals surface area contributed by atoms with Gasteiger partial charge in [-0.3, -0.25) is 4.79 Å². The van der Waals surface area contributed by atoms with Crippen LogP contribution in [0.3, 0.4) is 0 Å². The highest BCUT2D eigenvalue weighted by molar-refractivity contribution is 5.99. The molecule has 0 heterocycles. The summed E-state index contributed by atoms with van der Waals surface area (Å²) in [4.78, 5) is 12.1. The molecule has 3 heteroatoms. The van der Waals surface area contributed by atoms with Crippen LogP contribution in [0.4, 0.5) is 0 Å². The Labute approximate surface area is 108 Å². The standard InChI is InChI=1S/C15H20O3/c1-13(2)12(16)14(3,4)15(13,17)10-6-8-11(18-5)9-7-10/h6-9,17H,1-5H3. The van der Waals surface area contributed by atoms with Gasteiger partial charge < -0.3 is 9.84 Å². The first kappa shape index (κ1) is 13.1. The molecule has 0 radical (unpaired) electrons. The molecule has 0 unspecified atom stereocenters. The lowest BCUT2D eigenvalue weighted by molar-refractivity contribution is -0.230. The maximum atomic E-state index is 12.1. The van der Waals surface area contributed by atoms with Crippen molar-refractivity contribution in [3.63, 3.8) is 0 Å². The Balaban J connectivity index is 2.50. The molecule has 0 aromatic heterocycles. The Hall–Kier alpha value is -1.35. The highest BCUT2D eigenvalue weighted by Crippen LogP contribution is 2.63. The van der Waals surface area contributed by atoms with Crippen molar-refractivity contribution in [2.75, 3.05) is 7.11 Å². The van der Waals surface area contributed by atoms with E-state index in [0.29, 0.717) is 0 Å². The summed E-state index contributed by atoms with van der Waals surface area (Å²) in [5.74, 6) is 0.830. The number of hydrogen-bond donors (Lipinski definition) is 1. The second-order valence-corrected chi connectivity index (χ2v) is 6.02. The first-order chi connectivity index (χ1) is 8.19. The van der Waals surface area contributed by atoms with Crippen LogP contribution >= 0.6 is 0 Å². The van der Waals surface area contributed by atoms with Crippen molar-refractivity contribution in [3.8, 4) is 5.75 Å². The minimum absolute atomic E-state index is 0.0910. The van der Waals surface area contributed by atoms with Gasteiger partial charge in [-0.05, 0) is 45.4 Å². The van der Waals surface area contributed by atoms with E-state index in [9.17, 15) is 9.90 Å². The Kier molecular flexibility index (Phi) is 2.60. The number of benzene rings is 1. The fourth-order valence-electron chi connectivity index (χ4n) is 3.38. The topological polar surface area (TPSA) is 46.5 Å². The van der Waals surface area contributed by atoms with E-state index in [4.69, 9.17) is 4.74 Å². The fourth-order valence-corrected chi connectivity index (χ4v) is 3.38. The van der Waals surface area contributed by atoms with Gasteiger partial charge in [-0.1, -0.05) is 12.1 Å². The van der Waals surface area contributed by atoms with Gasteiger partial charge in [-0.25, -0.2) is 0 Å². The molecular formula is C15H20O3. The largest absolute Gasteiger partial charge is 0.497 e. The molecule has 1 N–H and O–H groups in total. The third-order valence-electron chi connectivity index (χ3n) is 4.45. The monoisotopic (exact) mass is 248 g/mol. The summed E-state index contributed by atoms with van der Waals surface area (Å²) in [5, 5.41) is 11.0. The minimum atomic E-state index is -1.14. The van der Waals surface area contributed by atoms with Crippen molar-refractivity contribution >= 4 is 5.78 Å². The quantitative estimate of drug-likeness (QED) is 0.874. The van der Waals surface area contributed by atoms with Crippen LogP contribution in [0.1, 0.15) is 33.3 Å². The molecule has 0 saturated heterocycles. The lowest BCUT2D eigenvalue weighted by atomic mass is 9.42. The number of aliphatic hydroxyl groups is 1. The van der Waals surface area contributed by atoms with E-state index in [1.54, 1.807) is 34.8 Å². The lowest BCUT2D eigenvalue weighted by Gasteiger charge is -2.62. The van der Waals surface area contributed by atoms with E-state index >= 15 is 0 Å². The number of ether oxygens (including phenoxy) is 1. The van der Waals surface area contributed by atoms with Crippen LogP contribution in [-0.4, -0.2) is 18.0 Å². The lowest BCUT2D eigenvalue weighted by Crippen LogP contribution is -2.71. The Morgan fingerprint density at radius 2 is 1.44 bits per heavy atom. The summed E-state index contributed by atoms with van der Waals surface area (Å²) in [6.07, 6.45) is 0. The van der Waals surface area contributed by atoms with Crippen molar-refractivity contribution in [1.29, 1.82) is 0 Å². The molecular weight excluding hydrogens is 228 g/mol. The van der Waals surface area contributed by atoms with E-state index in [2.05, 4.69) is 0 Å². The molecule has 18 heavy (non-hydrogen) atoms. The zero-order valence-electron chi connectivity index (χ0n) is 11.6. The molecule has 0 bridgehead atoms. The van der Waals surface area contributed by atoms with Crippen LogP contribution in [0.2, 0.25) is 0 Å². The van der Waals surface area contributed by atoms with Gasteiger partial charge in [0, 0.05) is 0 Å². The van der Waals surface area contributed by atoms with Crippen molar-refractivity contribution < 1.29 is 14.6 Å². The third-order valence-corrected chi connectivity index (χ3v) is 4.45. The Morgan fingerprint density at radius 3 is 1.83 bits per heavy atom. The first-order valence-corrected chi connectivity index (χ1v) is 6.11. The average Bonchev–Trinajstić information content (AvgIpc) is 2.36. The normalized spacial score (nSPS) is 23.3. The van der Waals surface area contributed by atoms with Crippen LogP contribution in [0.25, 0.3) is 0 Å². The van der Waals surface area contributed by atoms with Crippen LogP contribution < -0.4 is 4.74 Å². The zero-order valence-corrected chi connectivity index (χ0v) is 11.6. The summed E-state index contributed by atoms with van der Waals surface area (Å²) in [6, 6.07) is 7.27. The second kappa shape index (κ2) is 3.58. The molecule has 98 valence electrons. The number of hydrogen-bond acceptors (Lipinski definition) is 3. The Bertz CT molecular complexity index is 465.